The number of rotatable bonds is 5. The maximum Gasteiger partial charge on any atom is 0.256 e. The summed E-state index contributed by atoms with van der Waals surface area (Å²) < 4.78 is 5.13. The molecular weight excluding hydrogens is 406 g/mol. The quantitative estimate of drug-likeness (QED) is 0.795. The van der Waals surface area contributed by atoms with Crippen molar-refractivity contribution in [3.63, 3.8) is 0 Å². The zero-order valence-corrected chi connectivity index (χ0v) is 17.3. The van der Waals surface area contributed by atoms with E-state index in [1.165, 1.54) is 4.90 Å². The lowest BCUT2D eigenvalue weighted by atomic mass is 10.1. The summed E-state index contributed by atoms with van der Waals surface area (Å²) in [6.07, 6.45) is 1.35. The summed E-state index contributed by atoms with van der Waals surface area (Å²) in [5, 5.41) is 3.25. The van der Waals surface area contributed by atoms with Crippen LogP contribution in [-0.2, 0) is 16.1 Å². The van der Waals surface area contributed by atoms with Gasteiger partial charge in [-0.05, 0) is 48.7 Å². The standard InChI is InChI=1S/C22H22ClN3O4/c1-30-16-7-4-14(5-8-16)12-24-20(27)13-26-18-9-6-15(23)11-17(18)21(28)25-10-2-3-19(25)22(26)29/h4-9,11,19H,2-3,10,12-13H2,1H3,(H,24,27)/t19-/m0/s1. The minimum Gasteiger partial charge on any atom is -0.497 e. The van der Waals surface area contributed by atoms with Crippen LogP contribution in [0.5, 0.6) is 5.75 Å². The van der Waals surface area contributed by atoms with Crippen LogP contribution >= 0.6 is 11.6 Å². The van der Waals surface area contributed by atoms with Gasteiger partial charge in [-0.3, -0.25) is 14.4 Å². The normalized spacial score (nSPS) is 18.0. The number of nitrogens with one attached hydrogen (secondary N) is 1. The van der Waals surface area contributed by atoms with Crippen LogP contribution in [-0.4, -0.2) is 48.9 Å². The average Bonchev–Trinajstić information content (AvgIpc) is 3.23. The van der Waals surface area contributed by atoms with Crippen LogP contribution in [0.3, 0.4) is 0 Å². The molecule has 3 amide bonds. The highest BCUT2D eigenvalue weighted by Crippen LogP contribution is 2.33. The Labute approximate surface area is 179 Å². The molecule has 0 unspecified atom stereocenters. The highest BCUT2D eigenvalue weighted by Gasteiger charge is 2.42. The summed E-state index contributed by atoms with van der Waals surface area (Å²) in [6.45, 7) is 0.687. The van der Waals surface area contributed by atoms with Gasteiger partial charge in [-0.25, -0.2) is 0 Å². The van der Waals surface area contributed by atoms with Crippen molar-refractivity contribution in [2.75, 3.05) is 25.1 Å². The molecule has 2 heterocycles. The maximum absolute atomic E-state index is 13.2. The van der Waals surface area contributed by atoms with Crippen LogP contribution in [0.15, 0.2) is 42.5 Å². The molecule has 7 nitrogen and oxygen atoms in total. The van der Waals surface area contributed by atoms with E-state index in [4.69, 9.17) is 16.3 Å². The summed E-state index contributed by atoms with van der Waals surface area (Å²) in [6, 6.07) is 11.6. The fourth-order valence-corrected chi connectivity index (χ4v) is 4.11. The second kappa shape index (κ2) is 8.36. The molecule has 1 fully saturated rings. The summed E-state index contributed by atoms with van der Waals surface area (Å²) in [5.41, 5.74) is 1.68. The number of anilines is 1. The number of amides is 3. The molecule has 2 aromatic rings. The fraction of sp³-hybridized carbons (Fsp3) is 0.318. The van der Waals surface area contributed by atoms with Crippen LogP contribution in [0.25, 0.3) is 0 Å². The molecule has 4 rings (SSSR count). The number of hydrogen-bond acceptors (Lipinski definition) is 4. The van der Waals surface area contributed by atoms with Crippen LogP contribution in [0.1, 0.15) is 28.8 Å². The number of nitrogens with zero attached hydrogens (tertiary/aromatic N) is 2. The number of carbonyl (C=O) groups is 3. The van der Waals surface area contributed by atoms with Crippen molar-refractivity contribution >= 4 is 35.0 Å². The van der Waals surface area contributed by atoms with Crippen LogP contribution in [0.4, 0.5) is 5.69 Å². The molecule has 2 aliphatic rings. The maximum atomic E-state index is 13.2. The van der Waals surface area contributed by atoms with Gasteiger partial charge in [-0.1, -0.05) is 23.7 Å². The van der Waals surface area contributed by atoms with E-state index in [0.717, 1.165) is 17.7 Å². The number of hydrogen-bond donors (Lipinski definition) is 1. The minimum atomic E-state index is -0.543. The molecule has 0 aromatic heterocycles. The number of methoxy groups -OCH3 is 1. The average molecular weight is 428 g/mol. The van der Waals surface area contributed by atoms with Gasteiger partial charge >= 0.3 is 0 Å². The highest BCUT2D eigenvalue weighted by atomic mass is 35.5. The Kier molecular flexibility index (Phi) is 5.63. The number of halogens is 1. The van der Waals surface area contributed by atoms with Gasteiger partial charge in [0.25, 0.3) is 5.91 Å². The minimum absolute atomic E-state index is 0.165. The molecule has 2 aromatic carbocycles. The van der Waals surface area contributed by atoms with Gasteiger partial charge in [0.2, 0.25) is 11.8 Å². The van der Waals surface area contributed by atoms with Crippen molar-refractivity contribution in [2.45, 2.75) is 25.4 Å². The first-order valence-corrected chi connectivity index (χ1v) is 10.2. The fourth-order valence-electron chi connectivity index (χ4n) is 3.94. The molecule has 2 aliphatic heterocycles. The van der Waals surface area contributed by atoms with Gasteiger partial charge in [-0.2, -0.15) is 0 Å². The van der Waals surface area contributed by atoms with Gasteiger partial charge < -0.3 is 19.9 Å². The first-order valence-electron chi connectivity index (χ1n) is 9.79. The number of fused-ring (bicyclic) bond motifs is 2. The monoisotopic (exact) mass is 427 g/mol. The van der Waals surface area contributed by atoms with Crippen molar-refractivity contribution in [1.29, 1.82) is 0 Å². The lowest BCUT2D eigenvalue weighted by molar-refractivity contribution is -0.125. The van der Waals surface area contributed by atoms with Gasteiger partial charge in [0.1, 0.15) is 18.3 Å². The van der Waals surface area contributed by atoms with Crippen molar-refractivity contribution in [3.05, 3.63) is 58.6 Å². The Morgan fingerprint density at radius 3 is 2.70 bits per heavy atom. The zero-order chi connectivity index (χ0) is 21.3. The van der Waals surface area contributed by atoms with Crippen molar-refractivity contribution < 1.29 is 19.1 Å². The third-order valence-corrected chi connectivity index (χ3v) is 5.73. The van der Waals surface area contributed by atoms with E-state index >= 15 is 0 Å². The number of benzene rings is 2. The molecule has 0 spiro atoms. The second-order valence-electron chi connectivity index (χ2n) is 7.37. The summed E-state index contributed by atoms with van der Waals surface area (Å²) in [4.78, 5) is 41.9. The van der Waals surface area contributed by atoms with Gasteiger partial charge in [0.05, 0.1) is 18.4 Å². The van der Waals surface area contributed by atoms with Crippen LogP contribution in [0, 0.1) is 0 Å². The van der Waals surface area contributed by atoms with Crippen molar-refractivity contribution in [2.24, 2.45) is 0 Å². The van der Waals surface area contributed by atoms with Gasteiger partial charge in [0.15, 0.2) is 0 Å². The molecule has 0 radical (unpaired) electrons. The largest absolute Gasteiger partial charge is 0.497 e. The topological polar surface area (TPSA) is 79.0 Å². The summed E-state index contributed by atoms with van der Waals surface area (Å²) in [5.74, 6) is -0.0220. The Morgan fingerprint density at radius 1 is 1.20 bits per heavy atom. The van der Waals surface area contributed by atoms with E-state index in [9.17, 15) is 14.4 Å². The number of ether oxygens (including phenoxy) is 1. The molecule has 0 aliphatic carbocycles. The highest BCUT2D eigenvalue weighted by molar-refractivity contribution is 6.31. The second-order valence-corrected chi connectivity index (χ2v) is 7.80. The van der Waals surface area contributed by atoms with E-state index in [1.54, 1.807) is 30.2 Å². The van der Waals surface area contributed by atoms with E-state index in [-0.39, 0.29) is 24.3 Å². The Balaban J connectivity index is 1.54. The van der Waals surface area contributed by atoms with Crippen LogP contribution < -0.4 is 15.0 Å². The zero-order valence-electron chi connectivity index (χ0n) is 16.6. The molecule has 1 atom stereocenters. The molecular formula is C22H22ClN3O4. The first kappa shape index (κ1) is 20.2. The van der Waals surface area contributed by atoms with Crippen molar-refractivity contribution in [1.82, 2.24) is 10.2 Å². The smallest absolute Gasteiger partial charge is 0.256 e. The number of carbonyl (C=O) groups excluding carboxylic acids is 3. The Morgan fingerprint density at radius 2 is 1.97 bits per heavy atom. The summed E-state index contributed by atoms with van der Waals surface area (Å²) >= 11 is 6.10. The lowest BCUT2D eigenvalue weighted by Crippen LogP contribution is -2.48. The Hall–Kier alpha value is -3.06. The Bertz CT molecular complexity index is 992. The van der Waals surface area contributed by atoms with E-state index in [0.29, 0.717) is 35.8 Å². The van der Waals surface area contributed by atoms with Gasteiger partial charge in [0, 0.05) is 18.1 Å². The molecule has 30 heavy (non-hydrogen) atoms. The molecule has 8 heteroatoms. The SMILES string of the molecule is COc1ccc(CNC(=O)CN2C(=O)[C@@H]3CCCN3C(=O)c3cc(Cl)ccc32)cc1. The van der Waals surface area contributed by atoms with Gasteiger partial charge in [-0.15, -0.1) is 0 Å². The summed E-state index contributed by atoms with van der Waals surface area (Å²) in [7, 11) is 1.59. The molecule has 0 saturated carbocycles. The van der Waals surface area contributed by atoms with Crippen LogP contribution in [0.2, 0.25) is 5.02 Å². The van der Waals surface area contributed by atoms with E-state index in [2.05, 4.69) is 5.32 Å². The molecule has 0 bridgehead atoms. The molecule has 1 N–H and O–H groups in total. The van der Waals surface area contributed by atoms with E-state index in [1.807, 2.05) is 24.3 Å². The molecule has 156 valence electrons. The first-order chi connectivity index (χ1) is 14.5. The van der Waals surface area contributed by atoms with E-state index < -0.39 is 6.04 Å². The molecule has 1 saturated heterocycles. The lowest BCUT2D eigenvalue weighted by Gasteiger charge is -2.25. The third-order valence-electron chi connectivity index (χ3n) is 5.50. The third kappa shape index (κ3) is 3.85. The van der Waals surface area contributed by atoms with Crippen molar-refractivity contribution in [3.8, 4) is 5.75 Å². The predicted molar refractivity (Wildman–Crippen MR) is 113 cm³/mol. The predicted octanol–water partition coefficient (Wildman–Crippen LogP) is 2.62.